The molecule has 4 atom stereocenters. The molecule has 2 aromatic carbocycles. The van der Waals surface area contributed by atoms with E-state index in [4.69, 9.17) is 47.5 Å². The van der Waals surface area contributed by atoms with Crippen molar-refractivity contribution in [1.29, 1.82) is 0 Å². The molecule has 2 amide bonds. The fourth-order valence-corrected chi connectivity index (χ4v) is 8.79. The van der Waals surface area contributed by atoms with Crippen LogP contribution in [0.25, 0.3) is 22.4 Å². The van der Waals surface area contributed by atoms with Crippen molar-refractivity contribution < 1.29 is 28.0 Å². The summed E-state index contributed by atoms with van der Waals surface area (Å²) < 4.78 is 33.3. The van der Waals surface area contributed by atoms with Gasteiger partial charge in [-0.25, -0.2) is 14.3 Å². The van der Waals surface area contributed by atoms with Crippen LogP contribution in [0.1, 0.15) is 54.0 Å². The molecule has 1 aliphatic carbocycles. The number of likely N-dealkylation sites (tertiary alicyclic amines) is 1. The first-order valence-electron chi connectivity index (χ1n) is 18.5. The van der Waals surface area contributed by atoms with Gasteiger partial charge < -0.3 is 24.8 Å². The molecule has 0 radical (unpaired) electrons. The van der Waals surface area contributed by atoms with E-state index in [1.165, 1.54) is 6.26 Å². The number of nitrogens with one attached hydrogen (secondary N) is 2. The minimum atomic E-state index is -3.00. The molecule has 296 valence electrons. The minimum Gasteiger partial charge on any atom is -0.481 e. The second-order valence-electron chi connectivity index (χ2n) is 14.4. The Morgan fingerprint density at radius 2 is 1.73 bits per heavy atom. The third-order valence-electron chi connectivity index (χ3n) is 10.4. The van der Waals surface area contributed by atoms with Gasteiger partial charge in [-0.3, -0.25) is 14.5 Å². The standard InChI is InChI=1S/C40H45Cl2N7O6S/c1-53-38-23(19-44-20-26-11-15-35(50)45-26)10-13-33(46-38)31-9-5-8-30(36(31)42)27-6-4-7-29-28(27)12-14-34(29)55-40-32(41)18-25(39(47-40)54-2)22-49-17-16-24(21-49)37(51)48-56(3,43)52/h4-10,13,18,24,26,34,44H,11-12,14-17,19-22H2,1-3H3,(H,45,50)(H2,43,48,51,52)/t24-,26+,34+,56?/m1/s1. The number of methoxy groups -OCH3 is 2. The van der Waals surface area contributed by atoms with Gasteiger partial charge in [0.05, 0.1) is 30.9 Å². The number of halogens is 2. The lowest BCUT2D eigenvalue weighted by atomic mass is 9.94. The number of pyridine rings is 2. The first-order valence-corrected chi connectivity index (χ1v) is 21.3. The average Bonchev–Trinajstić information content (AvgIpc) is 3.92. The van der Waals surface area contributed by atoms with Crippen LogP contribution in [0.2, 0.25) is 10.0 Å². The molecule has 4 N–H and O–H groups in total. The van der Waals surface area contributed by atoms with E-state index in [0.29, 0.717) is 79.5 Å². The fraction of sp³-hybridized carbons (Fsp3) is 0.400. The van der Waals surface area contributed by atoms with Crippen molar-refractivity contribution in [2.24, 2.45) is 15.4 Å². The monoisotopic (exact) mass is 821 g/mol. The van der Waals surface area contributed by atoms with Gasteiger partial charge in [-0.1, -0.05) is 65.7 Å². The normalized spacial score (nSPS) is 20.3. The Balaban J connectivity index is 1.06. The van der Waals surface area contributed by atoms with Gasteiger partial charge in [0.2, 0.25) is 23.5 Å². The van der Waals surface area contributed by atoms with Crippen molar-refractivity contribution in [3.8, 4) is 40.0 Å². The molecule has 2 saturated heterocycles. The van der Waals surface area contributed by atoms with Crippen LogP contribution in [0.4, 0.5) is 0 Å². The summed E-state index contributed by atoms with van der Waals surface area (Å²) in [6.45, 7) is 2.77. The highest BCUT2D eigenvalue weighted by molar-refractivity contribution is 7.91. The number of amides is 2. The van der Waals surface area contributed by atoms with Gasteiger partial charge in [0.15, 0.2) is 0 Å². The number of nitrogens with two attached hydrogens (primary N) is 1. The van der Waals surface area contributed by atoms with Crippen LogP contribution < -0.4 is 30.0 Å². The molecule has 7 rings (SSSR count). The number of hydrogen-bond donors (Lipinski definition) is 3. The SMILES string of the molecule is COc1nc(-c2cccc(-c3cccc4c3CC[C@@H]4Oc3nc(OC)c(CN4CC[C@@H](C(=O)N=S(C)(N)=O)C4)cc3Cl)c2Cl)ccc1CNC[C@@H]1CCC(=O)N1. The molecular weight excluding hydrogens is 777 g/mol. The highest BCUT2D eigenvalue weighted by atomic mass is 35.5. The van der Waals surface area contributed by atoms with Gasteiger partial charge in [0.25, 0.3) is 5.91 Å². The van der Waals surface area contributed by atoms with Crippen LogP contribution >= 0.6 is 23.2 Å². The molecule has 0 saturated carbocycles. The van der Waals surface area contributed by atoms with Crippen LogP contribution in [0.15, 0.2) is 59.0 Å². The van der Waals surface area contributed by atoms with Crippen molar-refractivity contribution in [3.63, 3.8) is 0 Å². The number of fused-ring (bicyclic) bond motifs is 1. The molecule has 2 fully saturated rings. The average molecular weight is 823 g/mol. The Kier molecular flexibility index (Phi) is 12.1. The Morgan fingerprint density at radius 3 is 2.48 bits per heavy atom. The van der Waals surface area contributed by atoms with Crippen molar-refractivity contribution >= 4 is 44.9 Å². The number of carbonyl (C=O) groups is 2. The molecule has 16 heteroatoms. The Labute approximate surface area is 336 Å². The summed E-state index contributed by atoms with van der Waals surface area (Å²) in [7, 11) is 0.148. The van der Waals surface area contributed by atoms with Crippen LogP contribution in [0.5, 0.6) is 17.6 Å². The van der Waals surface area contributed by atoms with Gasteiger partial charge >= 0.3 is 0 Å². The number of rotatable bonds is 13. The van der Waals surface area contributed by atoms with Gasteiger partial charge in [-0.2, -0.15) is 4.98 Å². The lowest BCUT2D eigenvalue weighted by molar-refractivity contribution is -0.121. The van der Waals surface area contributed by atoms with Crippen LogP contribution in [0.3, 0.4) is 0 Å². The largest absolute Gasteiger partial charge is 0.481 e. The highest BCUT2D eigenvalue weighted by Crippen LogP contribution is 2.45. The molecule has 0 spiro atoms. The number of ether oxygens (including phenoxy) is 3. The molecule has 0 bridgehead atoms. The Hall–Kier alpha value is -4.31. The summed E-state index contributed by atoms with van der Waals surface area (Å²) in [5, 5.41) is 12.8. The zero-order chi connectivity index (χ0) is 39.6. The first-order chi connectivity index (χ1) is 26.9. The number of aromatic nitrogens is 2. The third-order valence-corrected chi connectivity index (χ3v) is 11.6. The number of nitrogens with zero attached hydrogens (tertiary/aromatic N) is 4. The zero-order valence-corrected chi connectivity index (χ0v) is 33.8. The number of benzene rings is 2. The predicted octanol–water partition coefficient (Wildman–Crippen LogP) is 5.89. The molecule has 3 aliphatic rings. The Morgan fingerprint density at radius 1 is 0.982 bits per heavy atom. The van der Waals surface area contributed by atoms with Gasteiger partial charge in [0, 0.05) is 67.2 Å². The van der Waals surface area contributed by atoms with E-state index in [2.05, 4.69) is 37.0 Å². The van der Waals surface area contributed by atoms with Gasteiger partial charge in [0.1, 0.15) is 21.0 Å². The predicted molar refractivity (Wildman–Crippen MR) is 216 cm³/mol. The topological polar surface area (TPSA) is 170 Å². The molecule has 4 aromatic rings. The number of hydrogen-bond acceptors (Lipinski definition) is 10. The van der Waals surface area contributed by atoms with E-state index in [1.54, 1.807) is 20.3 Å². The molecule has 4 heterocycles. The van der Waals surface area contributed by atoms with Crippen molar-refractivity contribution in [3.05, 3.63) is 86.9 Å². The van der Waals surface area contributed by atoms with Crippen LogP contribution in [0, 0.1) is 5.92 Å². The van der Waals surface area contributed by atoms with E-state index >= 15 is 0 Å². The summed E-state index contributed by atoms with van der Waals surface area (Å²) in [4.78, 5) is 35.6. The third kappa shape index (κ3) is 8.96. The smallest absolute Gasteiger partial charge is 0.259 e. The molecule has 56 heavy (non-hydrogen) atoms. The summed E-state index contributed by atoms with van der Waals surface area (Å²) in [5.74, 6) is 0.443. The van der Waals surface area contributed by atoms with E-state index in [1.807, 2.05) is 36.4 Å². The highest BCUT2D eigenvalue weighted by Gasteiger charge is 2.32. The van der Waals surface area contributed by atoms with Gasteiger partial charge in [-0.05, 0) is 61.1 Å². The summed E-state index contributed by atoms with van der Waals surface area (Å²) in [6.07, 6.45) is 4.41. The molecule has 1 unspecified atom stereocenters. The summed E-state index contributed by atoms with van der Waals surface area (Å²) in [5.41, 5.74) is 7.22. The second-order valence-corrected chi connectivity index (χ2v) is 17.1. The quantitative estimate of drug-likeness (QED) is 0.148. The Bertz CT molecular complexity index is 2280. The minimum absolute atomic E-state index is 0.0950. The first kappa shape index (κ1) is 39.9. The fourth-order valence-electron chi connectivity index (χ4n) is 7.74. The number of carbonyl (C=O) groups excluding carboxylic acids is 2. The van der Waals surface area contributed by atoms with Crippen LogP contribution in [-0.2, 0) is 39.0 Å². The molecule has 13 nitrogen and oxygen atoms in total. The van der Waals surface area contributed by atoms with E-state index in [-0.39, 0.29) is 29.9 Å². The van der Waals surface area contributed by atoms with Crippen LogP contribution in [-0.4, -0.2) is 77.0 Å². The maximum Gasteiger partial charge on any atom is 0.259 e. The summed E-state index contributed by atoms with van der Waals surface area (Å²) >= 11 is 14.0. The van der Waals surface area contributed by atoms with Gasteiger partial charge in [-0.15, -0.1) is 4.36 Å². The van der Waals surface area contributed by atoms with E-state index < -0.39 is 15.8 Å². The van der Waals surface area contributed by atoms with Crippen molar-refractivity contribution in [2.75, 3.05) is 40.1 Å². The second kappa shape index (κ2) is 17.0. The molecule has 2 aromatic heterocycles. The maximum absolute atomic E-state index is 12.5. The summed E-state index contributed by atoms with van der Waals surface area (Å²) in [6, 6.07) is 18.0. The maximum atomic E-state index is 12.5. The molecular formula is C40H45Cl2N7O6S. The lowest BCUT2D eigenvalue weighted by Gasteiger charge is -2.20. The van der Waals surface area contributed by atoms with E-state index in [9.17, 15) is 13.8 Å². The lowest BCUT2D eigenvalue weighted by Crippen LogP contribution is -2.35. The zero-order valence-electron chi connectivity index (χ0n) is 31.5. The molecule has 2 aliphatic heterocycles. The van der Waals surface area contributed by atoms with Crippen molar-refractivity contribution in [1.82, 2.24) is 25.5 Å². The van der Waals surface area contributed by atoms with Crippen molar-refractivity contribution in [2.45, 2.75) is 57.3 Å². The van der Waals surface area contributed by atoms with E-state index in [0.717, 1.165) is 51.8 Å².